The lowest BCUT2D eigenvalue weighted by Gasteiger charge is -2.20. The molecular weight excluding hydrogens is 647 g/mol. The van der Waals surface area contributed by atoms with Crippen molar-refractivity contribution < 1.29 is 24.5 Å². The van der Waals surface area contributed by atoms with Gasteiger partial charge in [-0.2, -0.15) is 0 Å². The smallest absolute Gasteiger partial charge is 0.305 e. The van der Waals surface area contributed by atoms with Crippen molar-refractivity contribution in [1.29, 1.82) is 0 Å². The molecule has 0 heterocycles. The van der Waals surface area contributed by atoms with E-state index in [0.29, 0.717) is 19.4 Å². The van der Waals surface area contributed by atoms with Gasteiger partial charge in [0.2, 0.25) is 5.91 Å². The summed E-state index contributed by atoms with van der Waals surface area (Å²) < 4.78 is 5.42. The molecule has 0 fully saturated rings. The number of carbonyl (C=O) groups is 2. The van der Waals surface area contributed by atoms with Crippen LogP contribution in [0.5, 0.6) is 0 Å². The second-order valence-corrected chi connectivity index (χ2v) is 15.4. The monoisotopic (exact) mass is 734 g/mol. The number of rotatable bonds is 41. The fourth-order valence-corrected chi connectivity index (χ4v) is 6.67. The molecule has 0 spiro atoms. The molecule has 306 valence electrons. The molecule has 2 atom stereocenters. The number of aliphatic hydroxyl groups excluding tert-OH is 2. The van der Waals surface area contributed by atoms with Gasteiger partial charge in [-0.3, -0.25) is 9.59 Å². The highest BCUT2D eigenvalue weighted by atomic mass is 16.5. The van der Waals surface area contributed by atoms with Crippen LogP contribution >= 0.6 is 0 Å². The van der Waals surface area contributed by atoms with Gasteiger partial charge in [-0.25, -0.2) is 0 Å². The predicted octanol–water partition coefficient (Wildman–Crippen LogP) is 12.8. The van der Waals surface area contributed by atoms with E-state index in [-0.39, 0.29) is 18.5 Å². The van der Waals surface area contributed by atoms with E-state index in [1.807, 2.05) is 6.08 Å². The van der Waals surface area contributed by atoms with Gasteiger partial charge in [0.15, 0.2) is 0 Å². The summed E-state index contributed by atoms with van der Waals surface area (Å²) in [4.78, 5) is 24.3. The van der Waals surface area contributed by atoms with Crippen LogP contribution in [0.3, 0.4) is 0 Å². The van der Waals surface area contributed by atoms with Crippen molar-refractivity contribution in [2.45, 2.75) is 244 Å². The summed E-state index contributed by atoms with van der Waals surface area (Å²) >= 11 is 0. The minimum absolute atomic E-state index is 0.0327. The lowest BCUT2D eigenvalue weighted by Crippen LogP contribution is -2.45. The highest BCUT2D eigenvalue weighted by Gasteiger charge is 2.18. The minimum atomic E-state index is -0.858. The van der Waals surface area contributed by atoms with Crippen LogP contribution in [-0.2, 0) is 14.3 Å². The zero-order chi connectivity index (χ0) is 38.0. The first-order valence-corrected chi connectivity index (χ1v) is 22.6. The molecule has 6 nitrogen and oxygen atoms in total. The summed E-state index contributed by atoms with van der Waals surface area (Å²) in [6.07, 6.45) is 47.3. The Kier molecular flexibility index (Phi) is 40.7. The number of ether oxygens (including phenoxy) is 1. The van der Waals surface area contributed by atoms with Crippen molar-refractivity contribution in [3.8, 4) is 0 Å². The average molecular weight is 734 g/mol. The number of hydrogen-bond donors (Lipinski definition) is 3. The van der Waals surface area contributed by atoms with E-state index in [9.17, 15) is 19.8 Å². The topological polar surface area (TPSA) is 95.9 Å². The zero-order valence-electron chi connectivity index (χ0n) is 34.5. The molecule has 0 saturated heterocycles. The molecule has 0 saturated carbocycles. The molecule has 0 aliphatic rings. The first-order valence-electron chi connectivity index (χ1n) is 22.6. The molecule has 0 aromatic carbocycles. The Morgan fingerprint density at radius 2 is 0.923 bits per heavy atom. The summed E-state index contributed by atoms with van der Waals surface area (Å²) in [6.45, 7) is 4.79. The largest absolute Gasteiger partial charge is 0.466 e. The maximum absolute atomic E-state index is 12.4. The summed E-state index contributed by atoms with van der Waals surface area (Å²) in [6, 6.07) is -0.643. The van der Waals surface area contributed by atoms with E-state index in [0.717, 1.165) is 57.8 Å². The van der Waals surface area contributed by atoms with Crippen LogP contribution in [0.1, 0.15) is 232 Å². The molecule has 0 bridgehead atoms. The maximum atomic E-state index is 12.4. The van der Waals surface area contributed by atoms with Crippen molar-refractivity contribution in [3.05, 3.63) is 24.3 Å². The van der Waals surface area contributed by atoms with E-state index in [1.165, 1.54) is 148 Å². The Bertz CT molecular complexity index is 813. The van der Waals surface area contributed by atoms with Gasteiger partial charge < -0.3 is 20.3 Å². The van der Waals surface area contributed by atoms with Crippen LogP contribution in [0.25, 0.3) is 0 Å². The van der Waals surface area contributed by atoms with Crippen molar-refractivity contribution in [2.75, 3.05) is 13.2 Å². The molecule has 0 rings (SSSR count). The van der Waals surface area contributed by atoms with Crippen LogP contribution in [0.2, 0.25) is 0 Å². The second-order valence-electron chi connectivity index (χ2n) is 15.4. The fraction of sp³-hybridized carbons (Fsp3) is 0.870. The Labute approximate surface area is 322 Å². The molecule has 0 radical (unpaired) electrons. The van der Waals surface area contributed by atoms with E-state index in [1.54, 1.807) is 6.08 Å². The van der Waals surface area contributed by atoms with Crippen molar-refractivity contribution in [1.82, 2.24) is 5.32 Å². The van der Waals surface area contributed by atoms with Gasteiger partial charge in [0.25, 0.3) is 0 Å². The van der Waals surface area contributed by atoms with E-state index < -0.39 is 12.1 Å². The average Bonchev–Trinajstić information content (AvgIpc) is 3.14. The number of esters is 1. The van der Waals surface area contributed by atoms with Crippen LogP contribution in [-0.4, -0.2) is 47.4 Å². The van der Waals surface area contributed by atoms with Crippen molar-refractivity contribution in [3.63, 3.8) is 0 Å². The fourth-order valence-electron chi connectivity index (χ4n) is 6.67. The summed E-state index contributed by atoms with van der Waals surface area (Å²) in [5, 5.41) is 23.0. The lowest BCUT2D eigenvalue weighted by molar-refractivity contribution is -0.143. The molecule has 0 aromatic rings. The van der Waals surface area contributed by atoms with Gasteiger partial charge >= 0.3 is 5.97 Å². The number of unbranched alkanes of at least 4 members (excludes halogenated alkanes) is 28. The van der Waals surface area contributed by atoms with E-state index >= 15 is 0 Å². The third-order valence-electron chi connectivity index (χ3n) is 10.2. The van der Waals surface area contributed by atoms with Crippen molar-refractivity contribution in [2.24, 2.45) is 0 Å². The SMILES string of the molecule is CCCC/C=C\CCCCCCCC(=O)OCCCCCCCCCCCCC(=O)NC(CO)C(O)/C=C/CCCCCCCCCCCCCC. The quantitative estimate of drug-likeness (QED) is 0.0330. The molecule has 3 N–H and O–H groups in total. The van der Waals surface area contributed by atoms with Gasteiger partial charge in [-0.15, -0.1) is 0 Å². The van der Waals surface area contributed by atoms with E-state index in [4.69, 9.17) is 4.74 Å². The number of carbonyl (C=O) groups excluding carboxylic acids is 2. The molecule has 0 aromatic heterocycles. The van der Waals surface area contributed by atoms with Gasteiger partial charge in [0.1, 0.15) is 0 Å². The highest BCUT2D eigenvalue weighted by Crippen LogP contribution is 2.14. The van der Waals surface area contributed by atoms with Crippen molar-refractivity contribution >= 4 is 11.9 Å². The minimum Gasteiger partial charge on any atom is -0.466 e. The standard InChI is InChI=1S/C46H87NO5/c1-3-5-7-9-11-13-15-16-17-19-22-26-30-34-38-44(49)43(42-48)47-45(50)39-35-31-27-23-20-21-25-29-33-37-41-52-46(51)40-36-32-28-24-18-14-12-10-8-6-4-2/h10,12,34,38,43-44,48-49H,3-9,11,13-33,35-37,39-42H2,1-2H3,(H,47,50)/b12-10-,38-34+. The van der Waals surface area contributed by atoms with Gasteiger partial charge in [0.05, 0.1) is 25.4 Å². The summed E-state index contributed by atoms with van der Waals surface area (Å²) in [5.74, 6) is -0.125. The number of hydrogen-bond acceptors (Lipinski definition) is 5. The first-order chi connectivity index (χ1) is 25.5. The predicted molar refractivity (Wildman–Crippen MR) is 223 cm³/mol. The second kappa shape index (κ2) is 42.1. The van der Waals surface area contributed by atoms with Gasteiger partial charge in [-0.1, -0.05) is 192 Å². The normalized spacial score (nSPS) is 12.9. The Morgan fingerprint density at radius 1 is 0.519 bits per heavy atom. The molecule has 2 unspecified atom stereocenters. The molecule has 6 heteroatoms. The Hall–Kier alpha value is -1.66. The Morgan fingerprint density at radius 3 is 1.42 bits per heavy atom. The van der Waals surface area contributed by atoms with Crippen LogP contribution in [0.4, 0.5) is 0 Å². The summed E-state index contributed by atoms with van der Waals surface area (Å²) in [5.41, 5.74) is 0. The van der Waals surface area contributed by atoms with E-state index in [2.05, 4.69) is 31.3 Å². The van der Waals surface area contributed by atoms with Crippen LogP contribution in [0, 0.1) is 0 Å². The van der Waals surface area contributed by atoms with Gasteiger partial charge in [0, 0.05) is 12.8 Å². The van der Waals surface area contributed by atoms with Crippen LogP contribution < -0.4 is 5.32 Å². The molecule has 0 aliphatic heterocycles. The summed E-state index contributed by atoms with van der Waals surface area (Å²) in [7, 11) is 0. The number of amides is 1. The number of allylic oxidation sites excluding steroid dienone is 3. The van der Waals surface area contributed by atoms with Crippen LogP contribution in [0.15, 0.2) is 24.3 Å². The molecule has 1 amide bonds. The number of aliphatic hydroxyl groups is 2. The zero-order valence-corrected chi connectivity index (χ0v) is 34.5. The van der Waals surface area contributed by atoms with Gasteiger partial charge in [-0.05, 0) is 51.4 Å². The third kappa shape index (κ3) is 38.1. The molecular formula is C46H87NO5. The highest BCUT2D eigenvalue weighted by molar-refractivity contribution is 5.76. The molecule has 0 aliphatic carbocycles. The maximum Gasteiger partial charge on any atom is 0.305 e. The first kappa shape index (κ1) is 50.3. The lowest BCUT2D eigenvalue weighted by atomic mass is 10.0. The molecule has 52 heavy (non-hydrogen) atoms. The third-order valence-corrected chi connectivity index (χ3v) is 10.2. The number of nitrogens with one attached hydrogen (secondary N) is 1. The Balaban J connectivity index is 3.55.